The van der Waals surface area contributed by atoms with Crippen molar-refractivity contribution in [2.45, 2.75) is 18.8 Å². The summed E-state index contributed by atoms with van der Waals surface area (Å²) in [7, 11) is 0. The van der Waals surface area contributed by atoms with Gasteiger partial charge in [-0.3, -0.25) is 9.59 Å². The second-order valence-corrected chi connectivity index (χ2v) is 8.46. The largest absolute Gasteiger partial charge is 0.338 e. The number of hydrogen-bond acceptors (Lipinski definition) is 5. The van der Waals surface area contributed by atoms with Crippen LogP contribution in [0, 0.1) is 5.82 Å². The molecule has 30 heavy (non-hydrogen) atoms. The minimum Gasteiger partial charge on any atom is -0.338 e. The van der Waals surface area contributed by atoms with Gasteiger partial charge in [-0.15, -0.1) is 10.2 Å². The molecule has 2 amide bonds. The molecule has 3 aromatic rings. The van der Waals surface area contributed by atoms with Crippen molar-refractivity contribution >= 4 is 40.4 Å². The van der Waals surface area contributed by atoms with Crippen LogP contribution >= 0.6 is 22.9 Å². The Hall–Kier alpha value is -2.84. The molecule has 1 N–H and O–H groups in total. The van der Waals surface area contributed by atoms with Gasteiger partial charge in [0, 0.05) is 35.3 Å². The highest BCUT2D eigenvalue weighted by atomic mass is 35.5. The number of anilines is 1. The topological polar surface area (TPSA) is 75.2 Å². The average Bonchev–Trinajstić information content (AvgIpc) is 3.24. The predicted molar refractivity (Wildman–Crippen MR) is 114 cm³/mol. The van der Waals surface area contributed by atoms with Gasteiger partial charge in [0.05, 0.1) is 0 Å². The first kappa shape index (κ1) is 20.4. The van der Waals surface area contributed by atoms with Crippen molar-refractivity contribution < 1.29 is 14.0 Å². The van der Waals surface area contributed by atoms with Crippen molar-refractivity contribution in [3.05, 3.63) is 74.9 Å². The highest BCUT2D eigenvalue weighted by molar-refractivity contribution is 7.13. The van der Waals surface area contributed by atoms with Gasteiger partial charge in [0.1, 0.15) is 10.8 Å². The van der Waals surface area contributed by atoms with Gasteiger partial charge in [0.2, 0.25) is 5.01 Å². The molecule has 0 aliphatic carbocycles. The van der Waals surface area contributed by atoms with E-state index in [1.54, 1.807) is 35.2 Å². The van der Waals surface area contributed by atoms with Crippen molar-refractivity contribution in [1.82, 2.24) is 15.1 Å². The lowest BCUT2D eigenvalue weighted by Gasteiger charge is -2.31. The first-order valence-corrected chi connectivity index (χ1v) is 10.6. The van der Waals surface area contributed by atoms with Gasteiger partial charge < -0.3 is 10.2 Å². The summed E-state index contributed by atoms with van der Waals surface area (Å²) >= 11 is 7.20. The molecule has 154 valence electrons. The molecule has 1 fully saturated rings. The molecule has 1 atom stereocenters. The van der Waals surface area contributed by atoms with Gasteiger partial charge in [-0.25, -0.2) is 4.39 Å². The summed E-state index contributed by atoms with van der Waals surface area (Å²) in [6.45, 7) is 1.17. The maximum absolute atomic E-state index is 13.3. The number of likely N-dealkylation sites (tertiary alicyclic amines) is 1. The third-order valence-corrected chi connectivity index (χ3v) is 6.17. The Bertz CT molecular complexity index is 1090. The van der Waals surface area contributed by atoms with Crippen LogP contribution in [-0.2, 0) is 0 Å². The van der Waals surface area contributed by atoms with E-state index in [9.17, 15) is 14.0 Å². The number of piperidine rings is 1. The van der Waals surface area contributed by atoms with E-state index in [4.69, 9.17) is 11.6 Å². The Balaban J connectivity index is 1.44. The smallest absolute Gasteiger partial charge is 0.286 e. The first-order chi connectivity index (χ1) is 14.5. The molecule has 0 radical (unpaired) electrons. The number of carbonyl (C=O) groups excluding carboxylic acids is 2. The average molecular weight is 445 g/mol. The minimum atomic E-state index is -0.438. The fourth-order valence-electron chi connectivity index (χ4n) is 3.41. The fraction of sp³-hybridized carbons (Fsp3) is 0.238. The number of nitrogens with zero attached hydrogens (tertiary/aromatic N) is 3. The van der Waals surface area contributed by atoms with E-state index >= 15 is 0 Å². The van der Waals surface area contributed by atoms with Crippen molar-refractivity contribution in [3.63, 3.8) is 0 Å². The molecule has 1 aliphatic rings. The molecule has 0 unspecified atom stereocenters. The summed E-state index contributed by atoms with van der Waals surface area (Å²) in [5, 5.41) is 12.2. The monoisotopic (exact) mass is 444 g/mol. The third-order valence-electron chi connectivity index (χ3n) is 4.85. The van der Waals surface area contributed by atoms with Gasteiger partial charge >= 0.3 is 0 Å². The zero-order valence-electron chi connectivity index (χ0n) is 15.8. The zero-order chi connectivity index (χ0) is 21.1. The van der Waals surface area contributed by atoms with Crippen LogP contribution in [0.1, 0.15) is 43.9 Å². The highest BCUT2D eigenvalue weighted by Gasteiger charge is 2.28. The third kappa shape index (κ3) is 4.66. The Kier molecular flexibility index (Phi) is 6.06. The standard InChI is InChI=1S/C21H18ClFN4O2S/c22-15-6-1-4-13(10-15)21(29)27-9-3-5-14(12-27)19-25-26-20(30-19)18(28)24-17-8-2-7-16(23)11-17/h1-2,4,6-8,10-11,14H,3,5,9,12H2,(H,24,28)/t14-/m0/s1. The molecule has 1 aromatic heterocycles. The van der Waals surface area contributed by atoms with Gasteiger partial charge in [-0.2, -0.15) is 0 Å². The molecule has 0 bridgehead atoms. The van der Waals surface area contributed by atoms with Crippen LogP contribution < -0.4 is 5.32 Å². The Morgan fingerprint density at radius 1 is 1.17 bits per heavy atom. The number of amides is 2. The Morgan fingerprint density at radius 3 is 2.80 bits per heavy atom. The molecule has 4 rings (SSSR count). The quantitative estimate of drug-likeness (QED) is 0.638. The maximum atomic E-state index is 13.3. The summed E-state index contributed by atoms with van der Waals surface area (Å²) in [5.74, 6) is -0.935. The van der Waals surface area contributed by atoms with E-state index in [1.807, 2.05) is 0 Å². The van der Waals surface area contributed by atoms with Crippen LogP contribution in [0.5, 0.6) is 0 Å². The van der Waals surface area contributed by atoms with E-state index < -0.39 is 11.7 Å². The summed E-state index contributed by atoms with van der Waals surface area (Å²) in [6, 6.07) is 12.6. The Morgan fingerprint density at radius 2 is 2.00 bits per heavy atom. The van der Waals surface area contributed by atoms with Crippen LogP contribution in [0.2, 0.25) is 5.02 Å². The van der Waals surface area contributed by atoms with Crippen molar-refractivity contribution in [2.24, 2.45) is 0 Å². The molecule has 1 saturated heterocycles. The normalized spacial score (nSPS) is 16.3. The molecular weight excluding hydrogens is 427 g/mol. The number of benzene rings is 2. The SMILES string of the molecule is O=C(Nc1cccc(F)c1)c1nnc([C@H]2CCCN(C(=O)c3cccc(Cl)c3)C2)s1. The summed E-state index contributed by atoms with van der Waals surface area (Å²) < 4.78 is 13.3. The van der Waals surface area contributed by atoms with Gasteiger partial charge in [0.25, 0.3) is 11.8 Å². The predicted octanol–water partition coefficient (Wildman–Crippen LogP) is 4.60. The number of hydrogen-bond donors (Lipinski definition) is 1. The lowest BCUT2D eigenvalue weighted by atomic mass is 9.98. The number of aromatic nitrogens is 2. The zero-order valence-corrected chi connectivity index (χ0v) is 17.4. The fourth-order valence-corrected chi connectivity index (χ4v) is 4.46. The molecule has 1 aliphatic heterocycles. The second-order valence-electron chi connectivity index (χ2n) is 7.01. The number of rotatable bonds is 4. The number of nitrogens with one attached hydrogen (secondary N) is 1. The summed E-state index contributed by atoms with van der Waals surface area (Å²) in [5.41, 5.74) is 0.906. The van der Waals surface area contributed by atoms with Crippen molar-refractivity contribution in [2.75, 3.05) is 18.4 Å². The summed E-state index contributed by atoms with van der Waals surface area (Å²) in [6.07, 6.45) is 1.70. The van der Waals surface area contributed by atoms with Gasteiger partial charge in [-0.1, -0.05) is 35.1 Å². The molecule has 0 saturated carbocycles. The van der Waals surface area contributed by atoms with Crippen molar-refractivity contribution in [1.29, 1.82) is 0 Å². The maximum Gasteiger partial charge on any atom is 0.286 e. The highest BCUT2D eigenvalue weighted by Crippen LogP contribution is 2.30. The molecule has 6 nitrogen and oxygen atoms in total. The molecule has 2 heterocycles. The van der Waals surface area contributed by atoms with Crippen molar-refractivity contribution in [3.8, 4) is 0 Å². The lowest BCUT2D eigenvalue weighted by molar-refractivity contribution is 0.0706. The van der Waals surface area contributed by atoms with Gasteiger partial charge in [0.15, 0.2) is 0 Å². The van der Waals surface area contributed by atoms with Gasteiger partial charge in [-0.05, 0) is 49.2 Å². The Labute approximate surface area is 181 Å². The first-order valence-electron chi connectivity index (χ1n) is 9.45. The molecule has 2 aromatic carbocycles. The van der Waals surface area contributed by atoms with Crippen LogP contribution in [0.4, 0.5) is 10.1 Å². The number of carbonyl (C=O) groups is 2. The van der Waals surface area contributed by atoms with Crippen LogP contribution in [0.15, 0.2) is 48.5 Å². The second kappa shape index (κ2) is 8.89. The summed E-state index contributed by atoms with van der Waals surface area (Å²) in [4.78, 5) is 27.0. The van der Waals surface area contributed by atoms with Crippen LogP contribution in [-0.4, -0.2) is 40.0 Å². The van der Waals surface area contributed by atoms with E-state index in [1.165, 1.54) is 29.5 Å². The van der Waals surface area contributed by atoms with E-state index in [-0.39, 0.29) is 16.8 Å². The van der Waals surface area contributed by atoms with Crippen LogP contribution in [0.25, 0.3) is 0 Å². The lowest BCUT2D eigenvalue weighted by Crippen LogP contribution is -2.39. The minimum absolute atomic E-state index is 0.00936. The molecular formula is C21H18ClFN4O2S. The van der Waals surface area contributed by atoms with E-state index in [0.717, 1.165) is 12.8 Å². The van der Waals surface area contributed by atoms with E-state index in [2.05, 4.69) is 15.5 Å². The van der Waals surface area contributed by atoms with Crippen LogP contribution in [0.3, 0.4) is 0 Å². The van der Waals surface area contributed by atoms with E-state index in [0.29, 0.717) is 34.4 Å². The molecule has 9 heteroatoms. The number of halogens is 2. The molecule has 0 spiro atoms.